The fourth-order valence-electron chi connectivity index (χ4n) is 2.73. The normalized spacial score (nSPS) is 11.0. The minimum absolute atomic E-state index is 0.190. The number of hydrogen-bond donors (Lipinski definition) is 1. The summed E-state index contributed by atoms with van der Waals surface area (Å²) in [6.07, 6.45) is 1.71. The van der Waals surface area contributed by atoms with Crippen LogP contribution in [0.4, 0.5) is 10.2 Å². The molecule has 4 nitrogen and oxygen atoms in total. The number of para-hydroxylation sites is 1. The number of hydrazone groups is 1. The number of fused-ring (bicyclic) bond motifs is 1. The Bertz CT molecular complexity index is 1110. The third-order valence-electron chi connectivity index (χ3n) is 4.22. The second-order valence-electron chi connectivity index (χ2n) is 6.21. The molecule has 0 amide bonds. The summed E-state index contributed by atoms with van der Waals surface area (Å²) in [5.74, 6) is 1.09. The number of nitrogens with zero attached hydrogens (tertiary/aromatic N) is 2. The van der Waals surface area contributed by atoms with Gasteiger partial charge in [-0.25, -0.2) is 9.37 Å². The van der Waals surface area contributed by atoms with E-state index < -0.39 is 0 Å². The Morgan fingerprint density at radius 3 is 2.54 bits per heavy atom. The highest BCUT2D eigenvalue weighted by atomic mass is 19.1. The first-order valence-corrected chi connectivity index (χ1v) is 8.89. The molecule has 0 bridgehead atoms. The van der Waals surface area contributed by atoms with Crippen LogP contribution in [0.1, 0.15) is 11.1 Å². The second kappa shape index (κ2) is 8.31. The molecule has 0 aliphatic rings. The molecule has 28 heavy (non-hydrogen) atoms. The van der Waals surface area contributed by atoms with Crippen molar-refractivity contribution < 1.29 is 9.13 Å². The average Bonchev–Trinajstić information content (AvgIpc) is 2.74. The van der Waals surface area contributed by atoms with E-state index in [9.17, 15) is 4.39 Å². The summed E-state index contributed by atoms with van der Waals surface area (Å²) in [5, 5.41) is 5.31. The zero-order valence-electron chi connectivity index (χ0n) is 15.0. The molecule has 1 aromatic heterocycles. The molecule has 0 atom stereocenters. The minimum atomic E-state index is -0.264. The van der Waals surface area contributed by atoms with Gasteiger partial charge < -0.3 is 4.74 Å². The van der Waals surface area contributed by atoms with Crippen molar-refractivity contribution in [1.29, 1.82) is 0 Å². The summed E-state index contributed by atoms with van der Waals surface area (Å²) in [5.41, 5.74) is 5.29. The highest BCUT2D eigenvalue weighted by molar-refractivity contribution is 5.81. The third-order valence-corrected chi connectivity index (χ3v) is 4.22. The lowest BCUT2D eigenvalue weighted by molar-refractivity contribution is 0.300. The van der Waals surface area contributed by atoms with Crippen molar-refractivity contribution in [3.63, 3.8) is 0 Å². The maximum atomic E-state index is 13.6. The third kappa shape index (κ3) is 4.32. The lowest BCUT2D eigenvalue weighted by Gasteiger charge is -2.07. The quantitative estimate of drug-likeness (QED) is 0.365. The van der Waals surface area contributed by atoms with Crippen LogP contribution in [0, 0.1) is 5.82 Å². The van der Waals surface area contributed by atoms with Crippen LogP contribution >= 0.6 is 0 Å². The van der Waals surface area contributed by atoms with Gasteiger partial charge in [0.2, 0.25) is 0 Å². The van der Waals surface area contributed by atoms with Crippen molar-refractivity contribution in [3.8, 4) is 5.75 Å². The predicted molar refractivity (Wildman–Crippen MR) is 110 cm³/mol. The van der Waals surface area contributed by atoms with Gasteiger partial charge in [-0.2, -0.15) is 5.10 Å². The number of rotatable bonds is 6. The van der Waals surface area contributed by atoms with Crippen LogP contribution in [0.2, 0.25) is 0 Å². The van der Waals surface area contributed by atoms with Crippen LogP contribution in [0.5, 0.6) is 5.75 Å². The van der Waals surface area contributed by atoms with Crippen molar-refractivity contribution in [2.75, 3.05) is 5.43 Å². The molecular weight excluding hydrogens is 353 g/mol. The maximum Gasteiger partial charge on any atom is 0.146 e. The number of anilines is 1. The Morgan fingerprint density at radius 1 is 0.893 bits per heavy atom. The van der Waals surface area contributed by atoms with Gasteiger partial charge in [-0.1, -0.05) is 36.4 Å². The Kier molecular flexibility index (Phi) is 5.24. The van der Waals surface area contributed by atoms with Crippen molar-refractivity contribution in [2.45, 2.75) is 6.61 Å². The molecule has 0 radical (unpaired) electrons. The lowest BCUT2D eigenvalue weighted by atomic mass is 10.2. The Balaban J connectivity index is 1.35. The maximum absolute atomic E-state index is 13.6. The van der Waals surface area contributed by atoms with E-state index >= 15 is 0 Å². The zero-order valence-corrected chi connectivity index (χ0v) is 15.0. The molecule has 1 heterocycles. The summed E-state index contributed by atoms with van der Waals surface area (Å²) in [6.45, 7) is 0.190. The minimum Gasteiger partial charge on any atom is -0.489 e. The molecular formula is C23H18FN3O. The van der Waals surface area contributed by atoms with E-state index in [2.05, 4.69) is 15.5 Å². The highest BCUT2D eigenvalue weighted by Crippen LogP contribution is 2.16. The number of aromatic nitrogens is 1. The number of ether oxygens (including phenoxy) is 1. The van der Waals surface area contributed by atoms with Crippen molar-refractivity contribution in [2.24, 2.45) is 5.10 Å². The molecule has 4 aromatic rings. The first kappa shape index (κ1) is 17.7. The monoisotopic (exact) mass is 371 g/mol. The van der Waals surface area contributed by atoms with Gasteiger partial charge in [-0.3, -0.25) is 5.43 Å². The number of hydrogen-bond acceptors (Lipinski definition) is 4. The molecule has 1 N–H and O–H groups in total. The van der Waals surface area contributed by atoms with E-state index in [-0.39, 0.29) is 12.4 Å². The van der Waals surface area contributed by atoms with Crippen LogP contribution in [0.3, 0.4) is 0 Å². The first-order valence-electron chi connectivity index (χ1n) is 8.89. The van der Waals surface area contributed by atoms with E-state index in [1.165, 1.54) is 6.07 Å². The first-order chi connectivity index (χ1) is 13.8. The fourth-order valence-corrected chi connectivity index (χ4v) is 2.73. The van der Waals surface area contributed by atoms with Gasteiger partial charge in [0.15, 0.2) is 0 Å². The van der Waals surface area contributed by atoms with Crippen LogP contribution in [0.15, 0.2) is 90.0 Å². The summed E-state index contributed by atoms with van der Waals surface area (Å²) in [7, 11) is 0. The Morgan fingerprint density at radius 2 is 1.68 bits per heavy atom. The van der Waals surface area contributed by atoms with Crippen LogP contribution in [-0.2, 0) is 6.61 Å². The Hall–Kier alpha value is -3.73. The molecule has 0 saturated carbocycles. The predicted octanol–water partition coefficient (Wildman–Crippen LogP) is 5.40. The van der Waals surface area contributed by atoms with E-state index in [1.807, 2.05) is 60.7 Å². The van der Waals surface area contributed by atoms with Crippen LogP contribution in [0.25, 0.3) is 10.9 Å². The van der Waals surface area contributed by atoms with Gasteiger partial charge in [-0.05, 0) is 54.1 Å². The summed E-state index contributed by atoms with van der Waals surface area (Å²) in [4.78, 5) is 4.51. The van der Waals surface area contributed by atoms with E-state index in [4.69, 9.17) is 4.74 Å². The second-order valence-corrected chi connectivity index (χ2v) is 6.21. The lowest BCUT2D eigenvalue weighted by Crippen LogP contribution is -1.98. The summed E-state index contributed by atoms with van der Waals surface area (Å²) >= 11 is 0. The summed E-state index contributed by atoms with van der Waals surface area (Å²) in [6, 6.07) is 25.8. The van der Waals surface area contributed by atoms with Crippen LogP contribution < -0.4 is 10.2 Å². The molecule has 0 saturated heterocycles. The van der Waals surface area contributed by atoms with Crippen molar-refractivity contribution >= 4 is 22.9 Å². The molecule has 3 aromatic carbocycles. The molecule has 4 rings (SSSR count). The van der Waals surface area contributed by atoms with Gasteiger partial charge in [0.1, 0.15) is 24.0 Å². The van der Waals surface area contributed by atoms with E-state index in [1.54, 1.807) is 24.4 Å². The van der Waals surface area contributed by atoms with E-state index in [0.29, 0.717) is 17.1 Å². The number of pyridine rings is 1. The number of halogens is 1. The van der Waals surface area contributed by atoms with Crippen molar-refractivity contribution in [1.82, 2.24) is 4.98 Å². The van der Waals surface area contributed by atoms with E-state index in [0.717, 1.165) is 16.5 Å². The SMILES string of the molecule is Fc1ccccc1COc1ccc(/C=N\Nc2ccc3ccccc3n2)cc1. The largest absolute Gasteiger partial charge is 0.489 e. The molecule has 0 unspecified atom stereocenters. The smallest absolute Gasteiger partial charge is 0.146 e. The van der Waals surface area contributed by atoms with Crippen LogP contribution in [-0.4, -0.2) is 11.2 Å². The van der Waals surface area contributed by atoms with Gasteiger partial charge in [0, 0.05) is 10.9 Å². The standard InChI is InChI=1S/C23H18FN3O/c24-21-7-3-1-6-19(21)16-28-20-12-9-17(10-13-20)15-25-27-23-14-11-18-5-2-4-8-22(18)26-23/h1-15H,16H2,(H,26,27)/b25-15-. The average molecular weight is 371 g/mol. The number of nitrogens with one attached hydrogen (secondary N) is 1. The molecule has 0 aliphatic carbocycles. The molecule has 0 aliphatic heterocycles. The molecule has 5 heteroatoms. The van der Waals surface area contributed by atoms with Crippen molar-refractivity contribution in [3.05, 3.63) is 102 Å². The van der Waals surface area contributed by atoms with Gasteiger partial charge in [0.05, 0.1) is 11.7 Å². The van der Waals surface area contributed by atoms with Gasteiger partial charge in [-0.15, -0.1) is 0 Å². The molecule has 0 spiro atoms. The topological polar surface area (TPSA) is 46.5 Å². The Labute approximate surface area is 162 Å². The highest BCUT2D eigenvalue weighted by Gasteiger charge is 2.02. The summed E-state index contributed by atoms with van der Waals surface area (Å²) < 4.78 is 19.2. The van der Waals surface area contributed by atoms with Gasteiger partial charge in [0.25, 0.3) is 0 Å². The molecule has 138 valence electrons. The number of benzene rings is 3. The fraction of sp³-hybridized carbons (Fsp3) is 0.0435. The van der Waals surface area contributed by atoms with Gasteiger partial charge >= 0.3 is 0 Å². The molecule has 0 fully saturated rings. The zero-order chi connectivity index (χ0) is 19.2.